The zero-order valence-electron chi connectivity index (χ0n) is 9.86. The Balaban J connectivity index is 2.29. The van der Waals surface area contributed by atoms with E-state index in [2.05, 4.69) is 0 Å². The summed E-state index contributed by atoms with van der Waals surface area (Å²) in [6.07, 6.45) is 2.11. The van der Waals surface area contributed by atoms with Gasteiger partial charge in [0.2, 0.25) is 11.8 Å². The molecule has 0 saturated carbocycles. The molecule has 1 aliphatic rings. The molecule has 0 atom stereocenters. The highest BCUT2D eigenvalue weighted by Gasteiger charge is 2.26. The van der Waals surface area contributed by atoms with E-state index in [0.717, 1.165) is 12.8 Å². The van der Waals surface area contributed by atoms with Crippen LogP contribution in [0.4, 0.5) is 0 Å². The maximum atomic E-state index is 11.5. The van der Waals surface area contributed by atoms with Crippen LogP contribution in [0.25, 0.3) is 0 Å². The number of amides is 2. The van der Waals surface area contributed by atoms with Gasteiger partial charge in [-0.05, 0) is 19.8 Å². The molecule has 0 N–H and O–H groups in total. The Bertz CT molecular complexity index is 302. The van der Waals surface area contributed by atoms with Crippen LogP contribution in [0.5, 0.6) is 0 Å². The number of hydrogen-bond acceptors (Lipinski definition) is 3. The van der Waals surface area contributed by atoms with E-state index in [1.165, 1.54) is 4.90 Å². The Morgan fingerprint density at radius 3 is 2.50 bits per heavy atom. The molecule has 0 radical (unpaired) electrons. The van der Waals surface area contributed by atoms with Crippen molar-refractivity contribution in [2.75, 3.05) is 26.7 Å². The number of piperazine rings is 1. The molecule has 1 saturated heterocycles. The zero-order valence-corrected chi connectivity index (χ0v) is 9.86. The summed E-state index contributed by atoms with van der Waals surface area (Å²) < 4.78 is 0. The van der Waals surface area contributed by atoms with Crippen molar-refractivity contribution in [2.45, 2.75) is 26.2 Å². The molecule has 2 amide bonds. The SMILES string of the molecule is CC(=O)CCCCN1CC(=O)N(C)CC1=O. The van der Waals surface area contributed by atoms with Gasteiger partial charge in [-0.15, -0.1) is 0 Å². The van der Waals surface area contributed by atoms with Crippen LogP contribution in [0.15, 0.2) is 0 Å². The third-order valence-electron chi connectivity index (χ3n) is 2.68. The fourth-order valence-electron chi connectivity index (χ4n) is 1.64. The topological polar surface area (TPSA) is 57.7 Å². The van der Waals surface area contributed by atoms with Crippen LogP contribution in [0.1, 0.15) is 26.2 Å². The van der Waals surface area contributed by atoms with Gasteiger partial charge >= 0.3 is 0 Å². The van der Waals surface area contributed by atoms with E-state index < -0.39 is 0 Å². The maximum absolute atomic E-state index is 11.5. The fourth-order valence-corrected chi connectivity index (χ4v) is 1.64. The molecule has 1 fully saturated rings. The highest BCUT2D eigenvalue weighted by Crippen LogP contribution is 2.05. The molecule has 0 aliphatic carbocycles. The predicted molar refractivity (Wildman–Crippen MR) is 58.7 cm³/mol. The summed E-state index contributed by atoms with van der Waals surface area (Å²) in [5.41, 5.74) is 0. The number of carbonyl (C=O) groups is 3. The van der Waals surface area contributed by atoms with Crippen LogP contribution in [0.2, 0.25) is 0 Å². The van der Waals surface area contributed by atoms with Gasteiger partial charge < -0.3 is 14.6 Å². The number of carbonyl (C=O) groups excluding carboxylic acids is 3. The highest BCUT2D eigenvalue weighted by molar-refractivity contribution is 5.92. The molecule has 0 aromatic heterocycles. The first-order valence-corrected chi connectivity index (χ1v) is 5.52. The molecule has 1 rings (SSSR count). The molecule has 16 heavy (non-hydrogen) atoms. The van der Waals surface area contributed by atoms with Gasteiger partial charge in [0.15, 0.2) is 0 Å². The molecule has 0 aromatic rings. The van der Waals surface area contributed by atoms with Gasteiger partial charge in [0, 0.05) is 20.0 Å². The van der Waals surface area contributed by atoms with E-state index in [1.807, 2.05) is 0 Å². The van der Waals surface area contributed by atoms with Crippen LogP contribution >= 0.6 is 0 Å². The van der Waals surface area contributed by atoms with E-state index in [1.54, 1.807) is 18.9 Å². The monoisotopic (exact) mass is 226 g/mol. The Hall–Kier alpha value is -1.39. The second kappa shape index (κ2) is 5.63. The molecule has 1 heterocycles. The van der Waals surface area contributed by atoms with Crippen molar-refractivity contribution in [3.05, 3.63) is 0 Å². The van der Waals surface area contributed by atoms with Crippen molar-refractivity contribution in [3.8, 4) is 0 Å². The molecule has 0 aromatic carbocycles. The Kier molecular flexibility index (Phi) is 4.46. The summed E-state index contributed by atoms with van der Waals surface area (Å²) in [4.78, 5) is 36.6. The van der Waals surface area contributed by atoms with Gasteiger partial charge in [-0.1, -0.05) is 0 Å². The van der Waals surface area contributed by atoms with Gasteiger partial charge in [0.05, 0.1) is 13.1 Å². The third kappa shape index (κ3) is 3.64. The van der Waals surface area contributed by atoms with Crippen LogP contribution in [-0.4, -0.2) is 54.1 Å². The van der Waals surface area contributed by atoms with Gasteiger partial charge in [-0.2, -0.15) is 0 Å². The number of Topliss-reactive ketones (excluding diaryl/α,β-unsaturated/α-hetero) is 1. The highest BCUT2D eigenvalue weighted by atomic mass is 16.2. The Morgan fingerprint density at radius 2 is 1.88 bits per heavy atom. The number of hydrogen-bond donors (Lipinski definition) is 0. The average Bonchev–Trinajstić information content (AvgIpc) is 2.19. The molecular weight excluding hydrogens is 208 g/mol. The summed E-state index contributed by atoms with van der Waals surface area (Å²) in [7, 11) is 1.63. The lowest BCUT2D eigenvalue weighted by atomic mass is 10.2. The lowest BCUT2D eigenvalue weighted by Gasteiger charge is -2.31. The van der Waals surface area contributed by atoms with E-state index in [0.29, 0.717) is 13.0 Å². The molecule has 0 unspecified atom stereocenters. The summed E-state index contributed by atoms with van der Waals surface area (Å²) in [6.45, 7) is 2.48. The first-order valence-electron chi connectivity index (χ1n) is 5.52. The number of likely N-dealkylation sites (N-methyl/N-ethyl adjacent to an activating group) is 1. The van der Waals surface area contributed by atoms with Crippen LogP contribution in [0, 0.1) is 0 Å². The average molecular weight is 226 g/mol. The van der Waals surface area contributed by atoms with Crippen molar-refractivity contribution in [1.82, 2.24) is 9.80 Å². The van der Waals surface area contributed by atoms with E-state index in [4.69, 9.17) is 0 Å². The second-order valence-electron chi connectivity index (χ2n) is 4.22. The maximum Gasteiger partial charge on any atom is 0.242 e. The normalized spacial score (nSPS) is 16.9. The quantitative estimate of drug-likeness (QED) is 0.622. The number of nitrogens with zero attached hydrogens (tertiary/aromatic N) is 2. The number of rotatable bonds is 5. The van der Waals surface area contributed by atoms with Crippen molar-refractivity contribution >= 4 is 17.6 Å². The van der Waals surface area contributed by atoms with Crippen molar-refractivity contribution in [3.63, 3.8) is 0 Å². The molecule has 1 aliphatic heterocycles. The standard InChI is InChI=1S/C11H18N2O3/c1-9(14)5-3-4-6-13-8-10(15)12(2)7-11(13)16/h3-8H2,1-2H3. The first kappa shape index (κ1) is 12.7. The minimum Gasteiger partial charge on any atom is -0.335 e. The van der Waals surface area contributed by atoms with Crippen LogP contribution in [-0.2, 0) is 14.4 Å². The summed E-state index contributed by atoms with van der Waals surface area (Å²) in [5, 5.41) is 0. The summed E-state index contributed by atoms with van der Waals surface area (Å²) in [6, 6.07) is 0. The molecule has 5 nitrogen and oxygen atoms in total. The summed E-state index contributed by atoms with van der Waals surface area (Å²) in [5.74, 6) is 0.136. The molecule has 0 spiro atoms. The van der Waals surface area contributed by atoms with Crippen molar-refractivity contribution in [2.24, 2.45) is 0 Å². The first-order chi connectivity index (χ1) is 7.50. The zero-order chi connectivity index (χ0) is 12.1. The van der Waals surface area contributed by atoms with Crippen molar-refractivity contribution in [1.29, 1.82) is 0 Å². The molecule has 0 bridgehead atoms. The Labute approximate surface area is 95.4 Å². The van der Waals surface area contributed by atoms with Gasteiger partial charge in [-0.25, -0.2) is 0 Å². The Morgan fingerprint density at radius 1 is 1.19 bits per heavy atom. The minimum atomic E-state index is -0.0221. The van der Waals surface area contributed by atoms with Crippen LogP contribution < -0.4 is 0 Å². The lowest BCUT2D eigenvalue weighted by molar-refractivity contribution is -0.148. The smallest absolute Gasteiger partial charge is 0.242 e. The van der Waals surface area contributed by atoms with Crippen LogP contribution in [0.3, 0.4) is 0 Å². The van der Waals surface area contributed by atoms with Gasteiger partial charge in [0.25, 0.3) is 0 Å². The van der Waals surface area contributed by atoms with Gasteiger partial charge in [0.1, 0.15) is 5.78 Å². The predicted octanol–water partition coefficient (Wildman–Crippen LogP) is 0.0463. The van der Waals surface area contributed by atoms with E-state index in [-0.39, 0.29) is 30.7 Å². The van der Waals surface area contributed by atoms with Gasteiger partial charge in [-0.3, -0.25) is 9.59 Å². The van der Waals surface area contributed by atoms with E-state index >= 15 is 0 Å². The number of unbranched alkanes of at least 4 members (excludes halogenated alkanes) is 1. The number of ketones is 1. The van der Waals surface area contributed by atoms with E-state index in [9.17, 15) is 14.4 Å². The lowest BCUT2D eigenvalue weighted by Crippen LogP contribution is -2.52. The molecular formula is C11H18N2O3. The second-order valence-corrected chi connectivity index (χ2v) is 4.22. The molecule has 5 heteroatoms. The largest absolute Gasteiger partial charge is 0.335 e. The summed E-state index contributed by atoms with van der Waals surface area (Å²) >= 11 is 0. The van der Waals surface area contributed by atoms with Crippen molar-refractivity contribution < 1.29 is 14.4 Å². The minimum absolute atomic E-state index is 0.00933. The third-order valence-corrected chi connectivity index (χ3v) is 2.68. The fraction of sp³-hybridized carbons (Fsp3) is 0.727. The molecule has 90 valence electrons.